The Morgan fingerprint density at radius 2 is 1.80 bits per heavy atom. The fourth-order valence-corrected chi connectivity index (χ4v) is 0.364. The standard InChI is InChI=1S/C7H16N3/c1-5-8-6-9-7-10(2,3)4/h5,7H2,1-4H3/q+1. The summed E-state index contributed by atoms with van der Waals surface area (Å²) in [6.07, 6.45) is 0. The number of nitrogens with zero attached hydrogens (tertiary/aromatic N) is 3. The third-order valence-electron chi connectivity index (χ3n) is 0.795. The van der Waals surface area contributed by atoms with Crippen LogP contribution in [0.1, 0.15) is 6.92 Å². The fraction of sp³-hybridized carbons (Fsp3) is 0.857. The second-order valence-electron chi connectivity index (χ2n) is 3.16. The first kappa shape index (κ1) is 9.34. The number of hydrogen-bond donors (Lipinski definition) is 0. The molecule has 0 radical (unpaired) electrons. The van der Waals surface area contributed by atoms with Crippen LogP contribution >= 0.6 is 0 Å². The molecule has 0 spiro atoms. The topological polar surface area (TPSA) is 24.7 Å². The van der Waals surface area contributed by atoms with Crippen LogP contribution in [0.25, 0.3) is 0 Å². The maximum absolute atomic E-state index is 3.99. The van der Waals surface area contributed by atoms with Crippen molar-refractivity contribution in [3.05, 3.63) is 0 Å². The third-order valence-corrected chi connectivity index (χ3v) is 0.795. The highest BCUT2D eigenvalue weighted by Crippen LogP contribution is 1.87. The Labute approximate surface area is 62.7 Å². The lowest BCUT2D eigenvalue weighted by Crippen LogP contribution is -2.34. The Kier molecular flexibility index (Phi) is 3.93. The van der Waals surface area contributed by atoms with Gasteiger partial charge in [0.05, 0.1) is 27.2 Å². The van der Waals surface area contributed by atoms with E-state index in [9.17, 15) is 0 Å². The maximum atomic E-state index is 3.99. The summed E-state index contributed by atoms with van der Waals surface area (Å²) in [7, 11) is 6.24. The van der Waals surface area contributed by atoms with Gasteiger partial charge in [-0.1, -0.05) is 0 Å². The normalized spacial score (nSPS) is 10.4. The molecule has 0 aliphatic carbocycles. The summed E-state index contributed by atoms with van der Waals surface area (Å²) in [4.78, 5) is 7.84. The van der Waals surface area contributed by atoms with E-state index < -0.39 is 0 Å². The molecule has 0 rings (SSSR count). The lowest BCUT2D eigenvalue weighted by molar-refractivity contribution is -0.869. The van der Waals surface area contributed by atoms with Crippen molar-refractivity contribution < 1.29 is 4.48 Å². The molecule has 3 nitrogen and oxygen atoms in total. The Balaban J connectivity index is 3.64. The van der Waals surface area contributed by atoms with Gasteiger partial charge in [-0.2, -0.15) is 4.99 Å². The van der Waals surface area contributed by atoms with Gasteiger partial charge in [0, 0.05) is 6.54 Å². The highest BCUT2D eigenvalue weighted by atomic mass is 15.3. The van der Waals surface area contributed by atoms with Crippen molar-refractivity contribution in [2.75, 3.05) is 34.4 Å². The average Bonchev–Trinajstić information content (AvgIpc) is 1.78. The predicted molar refractivity (Wildman–Crippen MR) is 43.3 cm³/mol. The summed E-state index contributed by atoms with van der Waals surface area (Å²) in [6, 6.07) is 2.63. The van der Waals surface area contributed by atoms with Gasteiger partial charge in [0.25, 0.3) is 0 Å². The first-order valence-corrected chi connectivity index (χ1v) is 3.44. The van der Waals surface area contributed by atoms with E-state index in [0.717, 1.165) is 17.7 Å². The summed E-state index contributed by atoms with van der Waals surface area (Å²) in [6.45, 7) is 3.47. The smallest absolute Gasteiger partial charge is 0.182 e. The van der Waals surface area contributed by atoms with Crippen LogP contribution in [0.3, 0.4) is 0 Å². The summed E-state index contributed by atoms with van der Waals surface area (Å²) >= 11 is 0. The summed E-state index contributed by atoms with van der Waals surface area (Å²) in [5.74, 6) is 0. The van der Waals surface area contributed by atoms with Crippen LogP contribution in [-0.2, 0) is 0 Å². The molecule has 10 heavy (non-hydrogen) atoms. The largest absolute Gasteiger partial charge is 0.312 e. The number of hydrogen-bond acceptors (Lipinski definition) is 2. The molecule has 0 amide bonds. The van der Waals surface area contributed by atoms with Crippen molar-refractivity contribution in [2.24, 2.45) is 9.98 Å². The van der Waals surface area contributed by atoms with Gasteiger partial charge in [-0.05, 0) is 6.92 Å². The molecule has 0 saturated heterocycles. The molecule has 0 bridgehead atoms. The zero-order valence-electron chi connectivity index (χ0n) is 7.26. The quantitative estimate of drug-likeness (QED) is 0.412. The number of aliphatic imine (C=N–C) groups is 2. The molecular formula is C7H16N3+. The van der Waals surface area contributed by atoms with Crippen LogP contribution in [0.2, 0.25) is 0 Å². The van der Waals surface area contributed by atoms with Gasteiger partial charge in [0.2, 0.25) is 0 Å². The monoisotopic (exact) mass is 142 g/mol. The summed E-state index contributed by atoms with van der Waals surface area (Å²) < 4.78 is 0.826. The SMILES string of the molecule is CCN=C=NC[N+](C)(C)C. The molecule has 0 aromatic carbocycles. The van der Waals surface area contributed by atoms with Crippen molar-refractivity contribution in [2.45, 2.75) is 6.92 Å². The highest BCUT2D eigenvalue weighted by molar-refractivity contribution is 5.40. The zero-order valence-corrected chi connectivity index (χ0v) is 7.26. The van der Waals surface area contributed by atoms with E-state index in [-0.39, 0.29) is 0 Å². The molecule has 0 saturated carbocycles. The molecule has 3 heteroatoms. The lowest BCUT2D eigenvalue weighted by Gasteiger charge is -2.19. The van der Waals surface area contributed by atoms with Crippen molar-refractivity contribution in [3.63, 3.8) is 0 Å². The first-order chi connectivity index (χ1) is 4.56. The Bertz CT molecular complexity index is 137. The minimum absolute atomic E-state index is 0.740. The molecule has 0 unspecified atom stereocenters. The molecule has 0 atom stereocenters. The molecular weight excluding hydrogens is 126 g/mol. The molecule has 0 N–H and O–H groups in total. The van der Waals surface area contributed by atoms with E-state index >= 15 is 0 Å². The number of quaternary nitrogens is 1. The van der Waals surface area contributed by atoms with Crippen LogP contribution in [0.5, 0.6) is 0 Å². The fourth-order valence-electron chi connectivity index (χ4n) is 0.364. The van der Waals surface area contributed by atoms with Crippen LogP contribution in [0, 0.1) is 0 Å². The molecule has 0 heterocycles. The molecule has 0 aromatic rings. The first-order valence-electron chi connectivity index (χ1n) is 3.44. The van der Waals surface area contributed by atoms with Crippen molar-refractivity contribution >= 4 is 6.01 Å². The second kappa shape index (κ2) is 4.20. The van der Waals surface area contributed by atoms with Gasteiger partial charge in [0.15, 0.2) is 6.67 Å². The van der Waals surface area contributed by atoms with E-state index in [1.54, 1.807) is 0 Å². The average molecular weight is 142 g/mol. The maximum Gasteiger partial charge on any atom is 0.182 e. The third kappa shape index (κ3) is 7.34. The van der Waals surface area contributed by atoms with E-state index in [0.29, 0.717) is 0 Å². The summed E-state index contributed by atoms with van der Waals surface area (Å²) in [5, 5.41) is 0. The van der Waals surface area contributed by atoms with E-state index in [1.165, 1.54) is 0 Å². The second-order valence-corrected chi connectivity index (χ2v) is 3.16. The minimum atomic E-state index is 0.740. The molecule has 0 fully saturated rings. The van der Waals surface area contributed by atoms with Crippen LogP contribution < -0.4 is 0 Å². The van der Waals surface area contributed by atoms with E-state index in [2.05, 4.69) is 37.1 Å². The molecule has 0 aromatic heterocycles. The van der Waals surface area contributed by atoms with Gasteiger partial charge in [0.1, 0.15) is 0 Å². The van der Waals surface area contributed by atoms with Gasteiger partial charge in [-0.25, -0.2) is 4.99 Å². The molecule has 58 valence electrons. The van der Waals surface area contributed by atoms with Crippen LogP contribution in [0.4, 0.5) is 0 Å². The highest BCUT2D eigenvalue weighted by Gasteiger charge is 2.01. The minimum Gasteiger partial charge on any atom is -0.312 e. The van der Waals surface area contributed by atoms with Gasteiger partial charge < -0.3 is 4.48 Å². The van der Waals surface area contributed by atoms with E-state index in [1.807, 2.05) is 6.92 Å². The van der Waals surface area contributed by atoms with Crippen molar-refractivity contribution in [1.82, 2.24) is 0 Å². The van der Waals surface area contributed by atoms with Gasteiger partial charge >= 0.3 is 0 Å². The Morgan fingerprint density at radius 1 is 1.20 bits per heavy atom. The van der Waals surface area contributed by atoms with Crippen molar-refractivity contribution in [3.8, 4) is 0 Å². The molecule has 0 aliphatic rings. The Morgan fingerprint density at radius 3 is 2.20 bits per heavy atom. The van der Waals surface area contributed by atoms with Crippen molar-refractivity contribution in [1.29, 1.82) is 0 Å². The summed E-state index contributed by atoms with van der Waals surface area (Å²) in [5.41, 5.74) is 0. The Hall–Kier alpha value is -0.660. The lowest BCUT2D eigenvalue weighted by atomic mass is 10.7. The molecule has 0 aliphatic heterocycles. The zero-order chi connectivity index (χ0) is 8.04. The van der Waals surface area contributed by atoms with Crippen LogP contribution in [0.15, 0.2) is 9.98 Å². The van der Waals surface area contributed by atoms with Gasteiger partial charge in [-0.3, -0.25) is 0 Å². The van der Waals surface area contributed by atoms with Gasteiger partial charge in [-0.15, -0.1) is 0 Å². The van der Waals surface area contributed by atoms with Crippen LogP contribution in [-0.4, -0.2) is 44.8 Å². The van der Waals surface area contributed by atoms with E-state index in [4.69, 9.17) is 0 Å². The number of rotatable bonds is 3. The predicted octanol–water partition coefficient (Wildman–Crippen LogP) is 0.844.